The van der Waals surface area contributed by atoms with Crippen molar-refractivity contribution in [2.24, 2.45) is 5.92 Å². The predicted octanol–water partition coefficient (Wildman–Crippen LogP) is 3.31. The van der Waals surface area contributed by atoms with Crippen molar-refractivity contribution in [2.45, 2.75) is 38.2 Å². The van der Waals surface area contributed by atoms with Crippen LogP contribution in [0.2, 0.25) is 0 Å². The van der Waals surface area contributed by atoms with E-state index < -0.39 is 5.60 Å². The van der Waals surface area contributed by atoms with E-state index in [1.54, 1.807) is 0 Å². The van der Waals surface area contributed by atoms with E-state index in [4.69, 9.17) is 9.47 Å². The molecule has 1 saturated carbocycles. The van der Waals surface area contributed by atoms with Crippen LogP contribution in [0.25, 0.3) is 0 Å². The van der Waals surface area contributed by atoms with Gasteiger partial charge in [0.05, 0.1) is 18.1 Å². The largest absolute Gasteiger partial charge is 0.491 e. The van der Waals surface area contributed by atoms with Crippen LogP contribution in [0.4, 0.5) is 0 Å². The highest BCUT2D eigenvalue weighted by atomic mass is 79.9. The first kappa shape index (κ1) is 16.3. The molecule has 1 aliphatic rings. The third kappa shape index (κ3) is 4.71. The van der Waals surface area contributed by atoms with Crippen LogP contribution >= 0.6 is 15.9 Å². The van der Waals surface area contributed by atoms with Crippen molar-refractivity contribution in [3.05, 3.63) is 28.7 Å². The number of aliphatic hydroxyl groups is 1. The van der Waals surface area contributed by atoms with Gasteiger partial charge in [-0.25, -0.2) is 0 Å². The first-order valence-corrected chi connectivity index (χ1v) is 8.09. The Morgan fingerprint density at radius 3 is 2.76 bits per heavy atom. The highest BCUT2D eigenvalue weighted by Crippen LogP contribution is 2.33. The summed E-state index contributed by atoms with van der Waals surface area (Å²) >= 11 is 3.39. The highest BCUT2D eigenvalue weighted by molar-refractivity contribution is 9.10. The van der Waals surface area contributed by atoms with Crippen LogP contribution in [0.5, 0.6) is 5.75 Å². The Morgan fingerprint density at radius 2 is 2.14 bits per heavy atom. The average Bonchev–Trinajstić information content (AvgIpc) is 2.46. The van der Waals surface area contributed by atoms with Crippen molar-refractivity contribution in [3.8, 4) is 5.75 Å². The molecule has 0 spiro atoms. The van der Waals surface area contributed by atoms with Crippen molar-refractivity contribution < 1.29 is 19.4 Å². The predicted molar refractivity (Wildman–Crippen MR) is 83.2 cm³/mol. The summed E-state index contributed by atoms with van der Waals surface area (Å²) in [5.41, 5.74) is -0.856. The lowest BCUT2D eigenvalue weighted by atomic mass is 9.79. The maximum absolute atomic E-state index is 11.7. The minimum Gasteiger partial charge on any atom is -0.491 e. The summed E-state index contributed by atoms with van der Waals surface area (Å²) in [5, 5.41) is 10.5. The molecule has 1 aromatic rings. The molecular formula is C16H21BrO4. The molecule has 0 unspecified atom stereocenters. The fraction of sp³-hybridized carbons (Fsp3) is 0.562. The van der Waals surface area contributed by atoms with Gasteiger partial charge in [0.15, 0.2) is 0 Å². The summed E-state index contributed by atoms with van der Waals surface area (Å²) in [6.07, 6.45) is 2.42. The van der Waals surface area contributed by atoms with Gasteiger partial charge >= 0.3 is 5.97 Å². The number of ether oxygens (including phenoxy) is 2. The van der Waals surface area contributed by atoms with Crippen LogP contribution in [0.1, 0.15) is 32.6 Å². The van der Waals surface area contributed by atoms with Crippen molar-refractivity contribution in [2.75, 3.05) is 13.2 Å². The lowest BCUT2D eigenvalue weighted by Gasteiger charge is -2.34. The van der Waals surface area contributed by atoms with Gasteiger partial charge in [-0.05, 0) is 50.8 Å². The summed E-state index contributed by atoms with van der Waals surface area (Å²) in [4.78, 5) is 11.7. The molecule has 1 aliphatic carbocycles. The number of rotatable bonds is 5. The molecule has 21 heavy (non-hydrogen) atoms. The van der Waals surface area contributed by atoms with Crippen LogP contribution < -0.4 is 4.74 Å². The lowest BCUT2D eigenvalue weighted by Crippen LogP contribution is -2.41. The summed E-state index contributed by atoms with van der Waals surface area (Å²) in [6, 6.07) is 7.54. The van der Waals surface area contributed by atoms with Gasteiger partial charge in [-0.15, -0.1) is 0 Å². The molecule has 1 fully saturated rings. The van der Waals surface area contributed by atoms with Crippen molar-refractivity contribution in [1.29, 1.82) is 0 Å². The molecule has 4 nitrogen and oxygen atoms in total. The first-order chi connectivity index (χ1) is 10.0. The topological polar surface area (TPSA) is 55.8 Å². The number of hydrogen-bond donors (Lipinski definition) is 1. The summed E-state index contributed by atoms with van der Waals surface area (Å²) in [6.45, 7) is 2.47. The molecule has 0 bridgehead atoms. The number of carbonyl (C=O) groups is 1. The molecule has 0 saturated heterocycles. The normalized spacial score (nSPS) is 25.4. The van der Waals surface area contributed by atoms with Gasteiger partial charge in [0.1, 0.15) is 12.4 Å². The second-order valence-electron chi connectivity index (χ2n) is 5.50. The van der Waals surface area contributed by atoms with Crippen LogP contribution in [-0.4, -0.2) is 29.9 Å². The summed E-state index contributed by atoms with van der Waals surface area (Å²) < 4.78 is 11.7. The van der Waals surface area contributed by atoms with Gasteiger partial charge in [-0.3, -0.25) is 4.79 Å². The van der Waals surface area contributed by atoms with E-state index in [-0.39, 0.29) is 18.5 Å². The van der Waals surface area contributed by atoms with E-state index in [0.717, 1.165) is 10.2 Å². The number of hydrogen-bond acceptors (Lipinski definition) is 4. The van der Waals surface area contributed by atoms with Gasteiger partial charge in [0, 0.05) is 4.47 Å². The SMILES string of the molecule is CCOC(=O)C1CCC(O)(COc2cccc(Br)c2)CC1. The Morgan fingerprint density at radius 1 is 1.43 bits per heavy atom. The van der Waals surface area contributed by atoms with Crippen LogP contribution in [0, 0.1) is 5.92 Å². The van der Waals surface area contributed by atoms with E-state index >= 15 is 0 Å². The van der Waals surface area contributed by atoms with Gasteiger partial charge in [0.2, 0.25) is 0 Å². The smallest absolute Gasteiger partial charge is 0.308 e. The third-order valence-corrected chi connectivity index (χ3v) is 4.33. The molecule has 1 N–H and O–H groups in total. The first-order valence-electron chi connectivity index (χ1n) is 7.30. The minimum absolute atomic E-state index is 0.0869. The zero-order valence-electron chi connectivity index (χ0n) is 12.2. The molecule has 5 heteroatoms. The monoisotopic (exact) mass is 356 g/mol. The highest BCUT2D eigenvalue weighted by Gasteiger charge is 2.37. The lowest BCUT2D eigenvalue weighted by molar-refractivity contribution is -0.151. The molecular weight excluding hydrogens is 336 g/mol. The second-order valence-corrected chi connectivity index (χ2v) is 6.41. The zero-order chi connectivity index (χ0) is 15.3. The van der Waals surface area contributed by atoms with E-state index in [1.807, 2.05) is 31.2 Å². The third-order valence-electron chi connectivity index (χ3n) is 3.84. The maximum Gasteiger partial charge on any atom is 0.308 e. The number of benzene rings is 1. The molecule has 0 heterocycles. The van der Waals surface area contributed by atoms with Crippen molar-refractivity contribution in [3.63, 3.8) is 0 Å². The minimum atomic E-state index is -0.856. The Kier molecular flexibility index (Phi) is 5.65. The van der Waals surface area contributed by atoms with Crippen molar-refractivity contribution in [1.82, 2.24) is 0 Å². The molecule has 0 atom stereocenters. The van der Waals surface area contributed by atoms with Gasteiger partial charge in [0.25, 0.3) is 0 Å². The number of halogens is 1. The molecule has 0 aliphatic heterocycles. The molecule has 0 aromatic heterocycles. The van der Waals surface area contributed by atoms with Gasteiger partial charge in [-0.1, -0.05) is 22.0 Å². The molecule has 116 valence electrons. The fourth-order valence-electron chi connectivity index (χ4n) is 2.57. The van der Waals surface area contributed by atoms with Crippen molar-refractivity contribution >= 4 is 21.9 Å². The van der Waals surface area contributed by atoms with Gasteiger partial charge < -0.3 is 14.6 Å². The van der Waals surface area contributed by atoms with Crippen LogP contribution in [0.15, 0.2) is 28.7 Å². The Bertz CT molecular complexity index is 481. The Balaban J connectivity index is 1.83. The zero-order valence-corrected chi connectivity index (χ0v) is 13.8. The molecule has 1 aromatic carbocycles. The van der Waals surface area contributed by atoms with E-state index in [1.165, 1.54) is 0 Å². The average molecular weight is 357 g/mol. The summed E-state index contributed by atoms with van der Waals surface area (Å²) in [7, 11) is 0. The van der Waals surface area contributed by atoms with E-state index in [2.05, 4.69) is 15.9 Å². The van der Waals surface area contributed by atoms with Gasteiger partial charge in [-0.2, -0.15) is 0 Å². The Labute approximate surface area is 133 Å². The number of esters is 1. The number of carbonyl (C=O) groups excluding carboxylic acids is 1. The molecule has 2 rings (SSSR count). The molecule has 0 radical (unpaired) electrons. The fourth-order valence-corrected chi connectivity index (χ4v) is 2.95. The molecule has 0 amide bonds. The van der Waals surface area contributed by atoms with Crippen LogP contribution in [0.3, 0.4) is 0 Å². The van der Waals surface area contributed by atoms with E-state index in [0.29, 0.717) is 32.3 Å². The second kappa shape index (κ2) is 7.27. The standard InChI is InChI=1S/C16H21BrO4/c1-2-20-15(18)12-6-8-16(19,9-7-12)11-21-14-5-3-4-13(17)10-14/h3-5,10,12,19H,2,6-9,11H2,1H3. The van der Waals surface area contributed by atoms with E-state index in [9.17, 15) is 9.90 Å². The quantitative estimate of drug-likeness (QED) is 0.822. The Hall–Kier alpha value is -1.07. The summed E-state index contributed by atoms with van der Waals surface area (Å²) in [5.74, 6) is 0.494. The maximum atomic E-state index is 11.7. The van der Waals surface area contributed by atoms with Crippen LogP contribution in [-0.2, 0) is 9.53 Å².